The summed E-state index contributed by atoms with van der Waals surface area (Å²) >= 11 is 5.93. The van der Waals surface area contributed by atoms with E-state index in [9.17, 15) is 18.3 Å². The molecule has 188 valence electrons. The Bertz CT molecular complexity index is 1300. The summed E-state index contributed by atoms with van der Waals surface area (Å²) in [5.74, 6) is 6.07. The normalized spacial score (nSPS) is 16.7. The molecule has 0 amide bonds. The predicted molar refractivity (Wildman–Crippen MR) is 128 cm³/mol. The van der Waals surface area contributed by atoms with E-state index < -0.39 is 11.9 Å². The Hall–Kier alpha value is -3.19. The third-order valence-electron chi connectivity index (χ3n) is 6.31. The van der Waals surface area contributed by atoms with Crippen molar-refractivity contribution in [2.75, 3.05) is 32.8 Å². The fourth-order valence-electron chi connectivity index (χ4n) is 4.37. The maximum atomic E-state index is 13.0. The van der Waals surface area contributed by atoms with Gasteiger partial charge in [-0.25, -0.2) is 0 Å². The van der Waals surface area contributed by atoms with Crippen LogP contribution in [0.15, 0.2) is 42.5 Å². The summed E-state index contributed by atoms with van der Waals surface area (Å²) in [7, 11) is 0. The van der Waals surface area contributed by atoms with Gasteiger partial charge in [0.25, 0.3) is 0 Å². The first-order chi connectivity index (χ1) is 17.2. The van der Waals surface area contributed by atoms with E-state index in [1.807, 2.05) is 17.2 Å². The molecular formula is C26H23ClF3N3O3. The molecule has 0 radical (unpaired) electrons. The van der Waals surface area contributed by atoms with E-state index in [-0.39, 0.29) is 29.2 Å². The maximum absolute atomic E-state index is 13.0. The summed E-state index contributed by atoms with van der Waals surface area (Å²) in [6.07, 6.45) is -4.01. The molecule has 0 aliphatic carbocycles. The first-order valence-electron chi connectivity index (χ1n) is 11.4. The molecule has 2 aliphatic rings. The minimum absolute atomic E-state index is 0.0410. The lowest BCUT2D eigenvalue weighted by Gasteiger charge is -2.55. The van der Waals surface area contributed by atoms with Crippen LogP contribution in [0.2, 0.25) is 5.02 Å². The molecule has 36 heavy (non-hydrogen) atoms. The molecule has 1 spiro atoms. The van der Waals surface area contributed by atoms with Crippen molar-refractivity contribution in [3.8, 4) is 34.6 Å². The van der Waals surface area contributed by atoms with Gasteiger partial charge in [-0.3, -0.25) is 5.10 Å². The molecule has 2 saturated heterocycles. The molecular weight excluding hydrogens is 495 g/mol. The Morgan fingerprint density at radius 2 is 1.92 bits per heavy atom. The third kappa shape index (κ3) is 5.16. The lowest BCUT2D eigenvalue weighted by molar-refractivity contribution is -0.188. The van der Waals surface area contributed by atoms with E-state index in [2.05, 4.69) is 21.8 Å². The second-order valence-electron chi connectivity index (χ2n) is 9.17. The van der Waals surface area contributed by atoms with Crippen LogP contribution in [0.3, 0.4) is 0 Å². The highest BCUT2D eigenvalue weighted by Gasteiger charge is 2.48. The van der Waals surface area contributed by atoms with Crippen molar-refractivity contribution in [1.29, 1.82) is 0 Å². The average Bonchev–Trinajstić information content (AvgIpc) is 3.28. The third-order valence-corrected chi connectivity index (χ3v) is 6.56. The number of ether oxygens (including phenoxy) is 2. The zero-order chi connectivity index (χ0) is 25.3. The van der Waals surface area contributed by atoms with Gasteiger partial charge >= 0.3 is 6.18 Å². The van der Waals surface area contributed by atoms with Crippen molar-refractivity contribution in [3.05, 3.63) is 64.3 Å². The molecule has 5 rings (SSSR count). The molecule has 3 heterocycles. The molecule has 6 nitrogen and oxygen atoms in total. The molecule has 10 heteroatoms. The maximum Gasteiger partial charge on any atom is 0.432 e. The van der Waals surface area contributed by atoms with Crippen molar-refractivity contribution in [2.45, 2.75) is 19.2 Å². The summed E-state index contributed by atoms with van der Waals surface area (Å²) < 4.78 is 50.3. The number of aromatic hydroxyl groups is 1. The van der Waals surface area contributed by atoms with Gasteiger partial charge in [-0.15, -0.1) is 0 Å². The quantitative estimate of drug-likeness (QED) is 0.445. The number of alkyl halides is 3. The number of phenols is 1. The van der Waals surface area contributed by atoms with E-state index in [0.29, 0.717) is 22.6 Å². The van der Waals surface area contributed by atoms with Gasteiger partial charge in [0.15, 0.2) is 0 Å². The molecule has 0 bridgehead atoms. The van der Waals surface area contributed by atoms with Crippen LogP contribution in [0.5, 0.6) is 11.5 Å². The van der Waals surface area contributed by atoms with Crippen LogP contribution in [-0.4, -0.2) is 53.1 Å². The van der Waals surface area contributed by atoms with Crippen LogP contribution in [-0.2, 0) is 17.5 Å². The van der Waals surface area contributed by atoms with E-state index in [1.54, 1.807) is 18.2 Å². The number of nitrogens with zero attached hydrogens (tertiary/aromatic N) is 2. The number of nitrogens with one attached hydrogen (secondary N) is 1. The highest BCUT2D eigenvalue weighted by atomic mass is 35.5. The molecule has 2 aromatic carbocycles. The molecule has 2 fully saturated rings. The second-order valence-corrected chi connectivity index (χ2v) is 9.61. The number of phenolic OH excluding ortho intramolecular Hbond substituents is 1. The van der Waals surface area contributed by atoms with Crippen molar-refractivity contribution in [2.24, 2.45) is 5.41 Å². The molecule has 2 N–H and O–H groups in total. The average molecular weight is 518 g/mol. The van der Waals surface area contributed by atoms with Gasteiger partial charge in [0, 0.05) is 42.1 Å². The van der Waals surface area contributed by atoms with Crippen molar-refractivity contribution in [3.63, 3.8) is 0 Å². The van der Waals surface area contributed by atoms with E-state index in [1.165, 1.54) is 6.07 Å². The molecule has 3 aromatic rings. The van der Waals surface area contributed by atoms with Gasteiger partial charge in [-0.05, 0) is 35.9 Å². The van der Waals surface area contributed by atoms with E-state index >= 15 is 0 Å². The Balaban J connectivity index is 1.36. The van der Waals surface area contributed by atoms with Crippen LogP contribution in [0.1, 0.15) is 23.2 Å². The van der Waals surface area contributed by atoms with E-state index in [4.69, 9.17) is 21.1 Å². The smallest absolute Gasteiger partial charge is 0.432 e. The largest absolute Gasteiger partial charge is 0.506 e. The Morgan fingerprint density at radius 3 is 2.56 bits per heavy atom. The van der Waals surface area contributed by atoms with Crippen LogP contribution >= 0.6 is 11.6 Å². The van der Waals surface area contributed by atoms with Crippen molar-refractivity contribution in [1.82, 2.24) is 15.1 Å². The predicted octanol–water partition coefficient (Wildman–Crippen LogP) is 5.11. The Kier molecular flexibility index (Phi) is 6.60. The number of benzene rings is 2. The van der Waals surface area contributed by atoms with Gasteiger partial charge in [-0.1, -0.05) is 35.6 Å². The molecule has 0 unspecified atom stereocenters. The number of hydrogen-bond acceptors (Lipinski definition) is 5. The van der Waals surface area contributed by atoms with Gasteiger partial charge in [0.2, 0.25) is 0 Å². The molecule has 0 saturated carbocycles. The van der Waals surface area contributed by atoms with Crippen molar-refractivity contribution < 1.29 is 27.8 Å². The van der Waals surface area contributed by atoms with Gasteiger partial charge in [0.05, 0.1) is 18.9 Å². The Labute approximate surface area is 211 Å². The number of aromatic amines is 1. The summed E-state index contributed by atoms with van der Waals surface area (Å²) in [5, 5.41) is 17.3. The zero-order valence-corrected chi connectivity index (χ0v) is 19.9. The van der Waals surface area contributed by atoms with Crippen LogP contribution in [0.4, 0.5) is 13.2 Å². The van der Waals surface area contributed by atoms with Gasteiger partial charge in [0.1, 0.15) is 29.4 Å². The lowest BCUT2D eigenvalue weighted by Crippen LogP contribution is -2.65. The molecule has 1 aromatic heterocycles. The van der Waals surface area contributed by atoms with Crippen LogP contribution in [0.25, 0.3) is 11.3 Å². The summed E-state index contributed by atoms with van der Waals surface area (Å²) in [6.45, 7) is 4.59. The minimum Gasteiger partial charge on any atom is -0.506 e. The van der Waals surface area contributed by atoms with E-state index in [0.717, 1.165) is 44.5 Å². The minimum atomic E-state index is -4.58. The number of H-pyrrole nitrogens is 1. The Morgan fingerprint density at radius 1 is 1.17 bits per heavy atom. The fraction of sp³-hybridized carbons (Fsp3) is 0.346. The van der Waals surface area contributed by atoms with Gasteiger partial charge < -0.3 is 19.5 Å². The number of likely N-dealkylation sites (tertiary alicyclic amines) is 1. The zero-order valence-electron chi connectivity index (χ0n) is 19.2. The van der Waals surface area contributed by atoms with Crippen LogP contribution < -0.4 is 4.74 Å². The standard InChI is InChI=1S/C26H23ClF3N3O3/c27-18-6-4-17(5-7-18)12-36-22-9-8-19(21-11-23(32-31-21)26(28,29)30)24(34)20(22)3-1-2-10-33-13-25(14-33)15-35-16-25/h4-9,11,34H,2,10,12-16H2,(H,31,32). The number of hydrogen-bond donors (Lipinski definition) is 2. The topological polar surface area (TPSA) is 70.6 Å². The first-order valence-corrected chi connectivity index (χ1v) is 11.8. The lowest BCUT2D eigenvalue weighted by atomic mass is 9.78. The highest BCUT2D eigenvalue weighted by molar-refractivity contribution is 6.30. The SMILES string of the molecule is Oc1c(-c2cc(C(F)(F)F)[nH]n2)ccc(OCc2ccc(Cl)cc2)c1C#CCCN1CC2(COC2)C1. The first kappa shape index (κ1) is 24.5. The number of halogens is 4. The number of rotatable bonds is 6. The monoisotopic (exact) mass is 517 g/mol. The van der Waals surface area contributed by atoms with Crippen LogP contribution in [0, 0.1) is 17.3 Å². The highest BCUT2D eigenvalue weighted by Crippen LogP contribution is 2.39. The number of aromatic nitrogens is 2. The molecule has 2 aliphatic heterocycles. The molecule has 0 atom stereocenters. The summed E-state index contributed by atoms with van der Waals surface area (Å²) in [6, 6.07) is 11.0. The summed E-state index contributed by atoms with van der Waals surface area (Å²) in [4.78, 5) is 2.30. The van der Waals surface area contributed by atoms with Crippen molar-refractivity contribution >= 4 is 11.6 Å². The summed E-state index contributed by atoms with van der Waals surface area (Å²) in [5.41, 5.74) is 0.458. The second kappa shape index (κ2) is 9.69. The fourth-order valence-corrected chi connectivity index (χ4v) is 4.49. The van der Waals surface area contributed by atoms with Gasteiger partial charge in [-0.2, -0.15) is 18.3 Å².